The molecule has 0 aliphatic carbocycles. The molecule has 4 nitrogen and oxygen atoms in total. The monoisotopic (exact) mass is 270 g/mol. The summed E-state index contributed by atoms with van der Waals surface area (Å²) in [6.07, 6.45) is 0. The van der Waals surface area contributed by atoms with Gasteiger partial charge in [0.2, 0.25) is 0 Å². The van der Waals surface area contributed by atoms with Gasteiger partial charge in [-0.3, -0.25) is 9.59 Å². The third kappa shape index (κ3) is 8540. The summed E-state index contributed by atoms with van der Waals surface area (Å²) in [4.78, 5) is 18.0. The first-order chi connectivity index (χ1) is 4.88. The van der Waals surface area contributed by atoms with Crippen molar-refractivity contribution >= 4 is 34.5 Å². The van der Waals surface area contributed by atoms with Gasteiger partial charge < -0.3 is 10.2 Å². The van der Waals surface area contributed by atoms with Crippen molar-refractivity contribution in [2.24, 2.45) is 0 Å². The second-order valence-electron chi connectivity index (χ2n) is 1.45. The van der Waals surface area contributed by atoms with Gasteiger partial charge in [-0.15, -0.1) is 0 Å². The Balaban J connectivity index is -0.0000000886. The fraction of sp³-hybridized carbons (Fsp3) is 0.667. The van der Waals surface area contributed by atoms with Gasteiger partial charge in [0.15, 0.2) is 0 Å². The van der Waals surface area contributed by atoms with E-state index < -0.39 is 11.9 Å². The van der Waals surface area contributed by atoms with E-state index in [0.29, 0.717) is 0 Å². The Bertz CT molecular complexity index is 82.8. The molecule has 0 aromatic heterocycles. The van der Waals surface area contributed by atoms with Crippen molar-refractivity contribution in [3.05, 3.63) is 0 Å². The van der Waals surface area contributed by atoms with Crippen LogP contribution in [-0.2, 0) is 9.59 Å². The number of carboxylic acid groups (broad SMARTS) is 2. The predicted octanol–water partition coefficient (Wildman–Crippen LogP) is 0.507. The van der Waals surface area contributed by atoms with Gasteiger partial charge in [-0.25, -0.2) is 0 Å². The first-order valence-electron chi connectivity index (χ1n) is 2.97. The Morgan fingerprint density at radius 1 is 1.18 bits per heavy atom. The molecule has 0 rings (SSSR count). The standard InChI is InChI=1S/2C2H4O2.C2H5.Sn.H/c2*1-2(3)4;1-2;;/h2*1H3,(H,3,4);1H2,2H3;;. The van der Waals surface area contributed by atoms with Crippen LogP contribution in [0.5, 0.6) is 0 Å². The van der Waals surface area contributed by atoms with Crippen LogP contribution in [0.1, 0.15) is 20.8 Å². The van der Waals surface area contributed by atoms with Crippen LogP contribution in [0.25, 0.3) is 0 Å². The second-order valence-corrected chi connectivity index (χ2v) is 3.78. The third-order valence-corrected chi connectivity index (χ3v) is 0. The van der Waals surface area contributed by atoms with Crippen molar-refractivity contribution in [1.82, 2.24) is 0 Å². The summed E-state index contributed by atoms with van der Waals surface area (Å²) in [6, 6.07) is 0. The van der Waals surface area contributed by atoms with Crippen molar-refractivity contribution in [1.29, 1.82) is 0 Å². The van der Waals surface area contributed by atoms with Gasteiger partial charge in [0.1, 0.15) is 0 Å². The first-order valence-corrected chi connectivity index (χ1v) is 5.30. The Labute approximate surface area is 79.7 Å². The zero-order valence-electron chi connectivity index (χ0n) is 7.00. The van der Waals surface area contributed by atoms with Crippen molar-refractivity contribution in [3.63, 3.8) is 0 Å². The Morgan fingerprint density at radius 2 is 1.18 bits per heavy atom. The molecule has 0 atom stereocenters. The second kappa shape index (κ2) is 16.4. The van der Waals surface area contributed by atoms with Gasteiger partial charge in [-0.1, -0.05) is 0 Å². The van der Waals surface area contributed by atoms with E-state index in [1.54, 1.807) is 0 Å². The number of rotatable bonds is 0. The molecule has 0 amide bonds. The predicted molar refractivity (Wildman–Crippen MR) is 44.2 cm³/mol. The Hall–Kier alpha value is -0.261. The quantitative estimate of drug-likeness (QED) is 0.628. The third-order valence-electron chi connectivity index (χ3n) is 0. The molecule has 0 saturated carbocycles. The van der Waals surface area contributed by atoms with E-state index in [1.165, 1.54) is 27.0 Å². The number of carboxylic acids is 2. The van der Waals surface area contributed by atoms with Gasteiger partial charge in [0.25, 0.3) is 11.9 Å². The van der Waals surface area contributed by atoms with E-state index in [2.05, 4.69) is 6.92 Å². The van der Waals surface area contributed by atoms with Crippen LogP contribution in [0.15, 0.2) is 0 Å². The van der Waals surface area contributed by atoms with Crippen molar-refractivity contribution < 1.29 is 19.8 Å². The van der Waals surface area contributed by atoms with Crippen LogP contribution in [0.2, 0.25) is 4.44 Å². The summed E-state index contributed by atoms with van der Waals surface area (Å²) in [6.45, 7) is 4.35. The van der Waals surface area contributed by atoms with Crippen LogP contribution < -0.4 is 0 Å². The molecule has 2 radical (unpaired) electrons. The fourth-order valence-electron chi connectivity index (χ4n) is 0. The molecule has 0 spiro atoms. The Morgan fingerprint density at radius 3 is 1.18 bits per heavy atom. The SMILES string of the molecule is CC(=O)O.CC(=O)O.C[CH2][SnH]. The number of hydrogen-bond donors (Lipinski definition) is 2. The van der Waals surface area contributed by atoms with Crippen LogP contribution >= 0.6 is 0 Å². The molecule has 0 saturated heterocycles. The summed E-state index contributed by atoms with van der Waals surface area (Å²) < 4.78 is 1.38. The van der Waals surface area contributed by atoms with Gasteiger partial charge in [-0.2, -0.15) is 0 Å². The summed E-state index contributed by atoms with van der Waals surface area (Å²) in [5.41, 5.74) is 0. The van der Waals surface area contributed by atoms with E-state index in [9.17, 15) is 0 Å². The molecular formula is C6H14O4Sn. The van der Waals surface area contributed by atoms with Crippen LogP contribution in [0.4, 0.5) is 0 Å². The molecule has 0 unspecified atom stereocenters. The molecule has 0 aliphatic rings. The van der Waals surface area contributed by atoms with Crippen molar-refractivity contribution in [3.8, 4) is 0 Å². The van der Waals surface area contributed by atoms with E-state index in [4.69, 9.17) is 19.8 Å². The summed E-state index contributed by atoms with van der Waals surface area (Å²) in [5, 5.41) is 14.8. The normalized spacial score (nSPS) is 6.18. The van der Waals surface area contributed by atoms with Gasteiger partial charge >= 0.3 is 33.9 Å². The van der Waals surface area contributed by atoms with E-state index in [-0.39, 0.29) is 0 Å². The zero-order valence-corrected chi connectivity index (χ0v) is 10.3. The molecule has 66 valence electrons. The zero-order chi connectivity index (χ0) is 9.86. The number of hydrogen-bond acceptors (Lipinski definition) is 2. The van der Waals surface area contributed by atoms with Crippen LogP contribution in [-0.4, -0.2) is 44.7 Å². The van der Waals surface area contributed by atoms with Crippen molar-refractivity contribution in [2.75, 3.05) is 0 Å². The van der Waals surface area contributed by atoms with E-state index >= 15 is 0 Å². The average Bonchev–Trinajstić information content (AvgIpc) is 1.60. The molecule has 0 aromatic rings. The van der Waals surface area contributed by atoms with Gasteiger partial charge in [-0.05, 0) is 0 Å². The minimum atomic E-state index is -0.833. The molecule has 2 N–H and O–H groups in total. The van der Waals surface area contributed by atoms with Gasteiger partial charge in [0, 0.05) is 13.8 Å². The molecule has 0 fully saturated rings. The molecule has 5 heteroatoms. The molecule has 11 heavy (non-hydrogen) atoms. The van der Waals surface area contributed by atoms with E-state index in [0.717, 1.165) is 13.8 Å². The summed E-state index contributed by atoms with van der Waals surface area (Å²) in [7, 11) is 0. The number of carbonyl (C=O) groups is 2. The molecule has 0 heterocycles. The maximum absolute atomic E-state index is 9.00. The summed E-state index contributed by atoms with van der Waals surface area (Å²) in [5.74, 6) is -1.67. The number of aliphatic carboxylic acids is 2. The van der Waals surface area contributed by atoms with Gasteiger partial charge in [0.05, 0.1) is 0 Å². The first kappa shape index (κ1) is 17.0. The topological polar surface area (TPSA) is 74.6 Å². The molecular weight excluding hydrogens is 255 g/mol. The molecule has 0 bridgehead atoms. The molecule has 0 aromatic carbocycles. The Kier molecular flexibility index (Phi) is 25.3. The fourth-order valence-corrected chi connectivity index (χ4v) is 0. The van der Waals surface area contributed by atoms with Crippen LogP contribution in [0.3, 0.4) is 0 Å². The maximum atomic E-state index is 9.00. The van der Waals surface area contributed by atoms with E-state index in [1.807, 2.05) is 0 Å². The molecule has 0 aliphatic heterocycles. The average molecular weight is 269 g/mol. The minimum absolute atomic E-state index is 0.833. The summed E-state index contributed by atoms with van der Waals surface area (Å²) >= 11 is 1.42. The van der Waals surface area contributed by atoms with Crippen molar-refractivity contribution in [2.45, 2.75) is 25.2 Å². The van der Waals surface area contributed by atoms with Crippen LogP contribution in [0, 0.1) is 0 Å².